The summed E-state index contributed by atoms with van der Waals surface area (Å²) < 4.78 is 23.6. The van der Waals surface area contributed by atoms with Gasteiger partial charge in [0.1, 0.15) is 17.3 Å². The van der Waals surface area contributed by atoms with Crippen molar-refractivity contribution in [2.45, 2.75) is 6.92 Å². The first-order chi connectivity index (χ1) is 11.0. The number of anilines is 1. The number of methoxy groups -OCH3 is 2. The number of benzene rings is 2. The lowest BCUT2D eigenvalue weighted by Crippen LogP contribution is -2.09. The van der Waals surface area contributed by atoms with Crippen LogP contribution in [0.3, 0.4) is 0 Å². The summed E-state index contributed by atoms with van der Waals surface area (Å²) >= 11 is 0. The fourth-order valence-electron chi connectivity index (χ4n) is 2.00. The highest BCUT2D eigenvalue weighted by Gasteiger charge is 2.04. The number of hydrogen-bond acceptors (Lipinski definition) is 3. The number of amides is 1. The molecule has 0 radical (unpaired) electrons. The normalized spacial score (nSPS) is 10.6. The van der Waals surface area contributed by atoms with E-state index in [4.69, 9.17) is 9.47 Å². The number of hydrogen-bond donors (Lipinski definition) is 1. The minimum Gasteiger partial charge on any atom is -0.497 e. The van der Waals surface area contributed by atoms with Gasteiger partial charge in [0.2, 0.25) is 5.91 Å². The average molecular weight is 315 g/mol. The maximum atomic E-state index is 13.2. The molecular weight excluding hydrogens is 297 g/mol. The van der Waals surface area contributed by atoms with Crippen LogP contribution in [0.4, 0.5) is 10.1 Å². The standard InChI is InChI=1S/C18H18FNO3/c1-12-4-6-14(19)10-17(12)20-18(21)7-5-13-8-15(22-2)11-16(9-13)23-3/h4-11H,1-3H3,(H,20,21). The Labute approximate surface area is 134 Å². The molecule has 0 saturated carbocycles. The van der Waals surface area contributed by atoms with E-state index in [1.54, 1.807) is 51.5 Å². The van der Waals surface area contributed by atoms with Gasteiger partial charge in [-0.2, -0.15) is 0 Å². The molecule has 23 heavy (non-hydrogen) atoms. The van der Waals surface area contributed by atoms with Crippen molar-refractivity contribution < 1.29 is 18.7 Å². The molecule has 0 bridgehead atoms. The van der Waals surface area contributed by atoms with Crippen LogP contribution in [-0.2, 0) is 4.79 Å². The number of halogens is 1. The van der Waals surface area contributed by atoms with Crippen LogP contribution in [0.2, 0.25) is 0 Å². The third kappa shape index (κ3) is 4.57. The van der Waals surface area contributed by atoms with E-state index in [0.717, 1.165) is 11.1 Å². The van der Waals surface area contributed by atoms with Crippen LogP contribution in [0.1, 0.15) is 11.1 Å². The Morgan fingerprint density at radius 1 is 1.09 bits per heavy atom. The molecule has 5 heteroatoms. The lowest BCUT2D eigenvalue weighted by atomic mass is 10.1. The van der Waals surface area contributed by atoms with E-state index < -0.39 is 5.82 Å². The molecule has 2 aromatic carbocycles. The Kier molecular flexibility index (Phi) is 5.36. The molecule has 4 nitrogen and oxygen atoms in total. The maximum absolute atomic E-state index is 13.2. The topological polar surface area (TPSA) is 47.6 Å². The first kappa shape index (κ1) is 16.5. The van der Waals surface area contributed by atoms with Crippen molar-refractivity contribution in [1.29, 1.82) is 0 Å². The summed E-state index contributed by atoms with van der Waals surface area (Å²) in [6.07, 6.45) is 3.01. The molecule has 0 aromatic heterocycles. The molecule has 2 rings (SSSR count). The molecule has 0 unspecified atom stereocenters. The van der Waals surface area contributed by atoms with Crippen LogP contribution < -0.4 is 14.8 Å². The summed E-state index contributed by atoms with van der Waals surface area (Å²) in [6.45, 7) is 1.80. The molecular formula is C18H18FNO3. The van der Waals surface area contributed by atoms with E-state index >= 15 is 0 Å². The van der Waals surface area contributed by atoms with Crippen LogP contribution >= 0.6 is 0 Å². The second-order valence-electron chi connectivity index (χ2n) is 4.93. The maximum Gasteiger partial charge on any atom is 0.248 e. The number of carbonyl (C=O) groups excluding carboxylic acids is 1. The molecule has 0 heterocycles. The summed E-state index contributed by atoms with van der Waals surface area (Å²) in [5, 5.41) is 2.65. The highest BCUT2D eigenvalue weighted by Crippen LogP contribution is 2.23. The lowest BCUT2D eigenvalue weighted by Gasteiger charge is -2.07. The monoisotopic (exact) mass is 315 g/mol. The number of aryl methyl sites for hydroxylation is 1. The number of ether oxygens (including phenoxy) is 2. The molecule has 0 saturated heterocycles. The van der Waals surface area contributed by atoms with Gasteiger partial charge in [0.15, 0.2) is 0 Å². The number of carbonyl (C=O) groups is 1. The minimum atomic E-state index is -0.396. The van der Waals surface area contributed by atoms with Crippen molar-refractivity contribution in [2.75, 3.05) is 19.5 Å². The second-order valence-corrected chi connectivity index (χ2v) is 4.93. The van der Waals surface area contributed by atoms with Crippen molar-refractivity contribution >= 4 is 17.7 Å². The molecule has 1 N–H and O–H groups in total. The largest absolute Gasteiger partial charge is 0.497 e. The zero-order valence-corrected chi connectivity index (χ0v) is 13.2. The van der Waals surface area contributed by atoms with E-state index in [-0.39, 0.29) is 5.91 Å². The van der Waals surface area contributed by atoms with Gasteiger partial charge < -0.3 is 14.8 Å². The van der Waals surface area contributed by atoms with Crippen molar-refractivity contribution in [3.8, 4) is 11.5 Å². The first-order valence-corrected chi connectivity index (χ1v) is 7.00. The van der Waals surface area contributed by atoms with Gasteiger partial charge in [-0.05, 0) is 48.4 Å². The fourth-order valence-corrected chi connectivity index (χ4v) is 2.00. The van der Waals surface area contributed by atoms with Gasteiger partial charge in [0.25, 0.3) is 0 Å². The van der Waals surface area contributed by atoms with Gasteiger partial charge >= 0.3 is 0 Å². The van der Waals surface area contributed by atoms with Crippen LogP contribution in [-0.4, -0.2) is 20.1 Å². The zero-order valence-electron chi connectivity index (χ0n) is 13.2. The molecule has 0 aliphatic carbocycles. The average Bonchev–Trinajstić information content (AvgIpc) is 2.56. The summed E-state index contributed by atoms with van der Waals surface area (Å²) in [4.78, 5) is 12.0. The van der Waals surface area contributed by atoms with Crippen molar-refractivity contribution in [2.24, 2.45) is 0 Å². The molecule has 120 valence electrons. The van der Waals surface area contributed by atoms with Crippen LogP contribution in [0.25, 0.3) is 6.08 Å². The molecule has 2 aromatic rings. The van der Waals surface area contributed by atoms with E-state index in [2.05, 4.69) is 5.32 Å². The zero-order chi connectivity index (χ0) is 16.8. The van der Waals surface area contributed by atoms with Gasteiger partial charge in [-0.1, -0.05) is 6.07 Å². The van der Waals surface area contributed by atoms with Crippen molar-refractivity contribution in [3.63, 3.8) is 0 Å². The van der Waals surface area contributed by atoms with Crippen LogP contribution in [0.5, 0.6) is 11.5 Å². The van der Waals surface area contributed by atoms with Gasteiger partial charge in [-0.15, -0.1) is 0 Å². The predicted molar refractivity (Wildman–Crippen MR) is 88.3 cm³/mol. The van der Waals surface area contributed by atoms with E-state index in [1.807, 2.05) is 0 Å². The quantitative estimate of drug-likeness (QED) is 0.854. The summed E-state index contributed by atoms with van der Waals surface area (Å²) in [7, 11) is 3.11. The molecule has 0 fully saturated rings. The van der Waals surface area contributed by atoms with E-state index in [1.165, 1.54) is 18.2 Å². The Hall–Kier alpha value is -2.82. The molecule has 0 aliphatic heterocycles. The third-order valence-corrected chi connectivity index (χ3v) is 3.26. The summed E-state index contributed by atoms with van der Waals surface area (Å²) in [6, 6.07) is 9.55. The Balaban J connectivity index is 2.13. The Morgan fingerprint density at radius 3 is 2.35 bits per heavy atom. The van der Waals surface area contributed by atoms with Gasteiger partial charge in [0, 0.05) is 17.8 Å². The Morgan fingerprint density at radius 2 is 1.74 bits per heavy atom. The molecule has 1 amide bonds. The van der Waals surface area contributed by atoms with Gasteiger partial charge in [0.05, 0.1) is 14.2 Å². The molecule has 0 atom stereocenters. The van der Waals surface area contributed by atoms with Crippen LogP contribution in [0, 0.1) is 12.7 Å². The summed E-state index contributed by atoms with van der Waals surface area (Å²) in [5.74, 6) is 0.517. The highest BCUT2D eigenvalue weighted by molar-refractivity contribution is 6.02. The minimum absolute atomic E-state index is 0.347. The smallest absolute Gasteiger partial charge is 0.248 e. The van der Waals surface area contributed by atoms with Gasteiger partial charge in [-0.3, -0.25) is 4.79 Å². The lowest BCUT2D eigenvalue weighted by molar-refractivity contribution is -0.111. The Bertz CT molecular complexity index is 719. The van der Waals surface area contributed by atoms with E-state index in [0.29, 0.717) is 17.2 Å². The molecule has 0 spiro atoms. The third-order valence-electron chi connectivity index (χ3n) is 3.26. The summed E-state index contributed by atoms with van der Waals surface area (Å²) in [5.41, 5.74) is 1.99. The van der Waals surface area contributed by atoms with Crippen molar-refractivity contribution in [1.82, 2.24) is 0 Å². The molecule has 0 aliphatic rings. The first-order valence-electron chi connectivity index (χ1n) is 7.00. The van der Waals surface area contributed by atoms with E-state index in [9.17, 15) is 9.18 Å². The SMILES string of the molecule is COc1cc(C=CC(=O)Nc2cc(F)ccc2C)cc(OC)c1. The highest BCUT2D eigenvalue weighted by atomic mass is 19.1. The fraction of sp³-hybridized carbons (Fsp3) is 0.167. The van der Waals surface area contributed by atoms with Crippen LogP contribution in [0.15, 0.2) is 42.5 Å². The second kappa shape index (κ2) is 7.45. The van der Waals surface area contributed by atoms with Gasteiger partial charge in [-0.25, -0.2) is 4.39 Å². The van der Waals surface area contributed by atoms with Crippen molar-refractivity contribution in [3.05, 3.63) is 59.4 Å². The number of rotatable bonds is 5. The number of nitrogens with one attached hydrogen (secondary N) is 1. The predicted octanol–water partition coefficient (Wildman–Crippen LogP) is 3.80.